The normalized spacial score (nSPS) is 10.3. The third-order valence-electron chi connectivity index (χ3n) is 2.67. The summed E-state index contributed by atoms with van der Waals surface area (Å²) in [6, 6.07) is 16.6. The number of aryl methyl sites for hydroxylation is 1. The molecule has 0 bridgehead atoms. The molecule has 0 saturated heterocycles. The minimum Gasteiger partial charge on any atom is -0.385 e. The van der Waals surface area contributed by atoms with Gasteiger partial charge in [0.25, 0.3) is 0 Å². The van der Waals surface area contributed by atoms with Gasteiger partial charge in [-0.2, -0.15) is 0 Å². The van der Waals surface area contributed by atoms with E-state index in [0.717, 1.165) is 25.1 Å². The summed E-state index contributed by atoms with van der Waals surface area (Å²) in [5.74, 6) is 0. The van der Waals surface area contributed by atoms with Gasteiger partial charge in [0.2, 0.25) is 0 Å². The van der Waals surface area contributed by atoms with Crippen LogP contribution in [0.25, 0.3) is 0 Å². The molecule has 0 saturated carbocycles. The van der Waals surface area contributed by atoms with E-state index in [1.54, 1.807) is 0 Å². The van der Waals surface area contributed by atoms with Gasteiger partial charge in [0.15, 0.2) is 0 Å². The van der Waals surface area contributed by atoms with Gasteiger partial charge in [0.05, 0.1) is 10.0 Å². The van der Waals surface area contributed by atoms with Gasteiger partial charge in [-0.15, -0.1) is 0 Å². The highest BCUT2D eigenvalue weighted by atomic mass is 35.5. The molecule has 93 valence electrons. The molecule has 0 aromatic heterocycles. The van der Waals surface area contributed by atoms with Crippen LogP contribution < -0.4 is 5.32 Å². The lowest BCUT2D eigenvalue weighted by atomic mass is 10.1. The Bertz CT molecular complexity index is 497. The van der Waals surface area contributed by atoms with Crippen molar-refractivity contribution in [3.63, 3.8) is 0 Å². The lowest BCUT2D eigenvalue weighted by Crippen LogP contribution is -2.02. The van der Waals surface area contributed by atoms with Crippen LogP contribution in [-0.4, -0.2) is 6.54 Å². The number of hydrogen-bond donors (Lipinski definition) is 1. The van der Waals surface area contributed by atoms with Crippen LogP contribution in [-0.2, 0) is 6.42 Å². The Labute approximate surface area is 118 Å². The van der Waals surface area contributed by atoms with Crippen LogP contribution in [0.3, 0.4) is 0 Å². The number of hydrogen-bond acceptors (Lipinski definition) is 1. The molecule has 2 rings (SSSR count). The second kappa shape index (κ2) is 6.67. The SMILES string of the molecule is Clc1ccc(CCCNc2cc[c]cc2)cc1Cl. The Kier molecular flexibility index (Phi) is 4.91. The first kappa shape index (κ1) is 13.3. The predicted octanol–water partition coefficient (Wildman–Crippen LogP) is 4.84. The van der Waals surface area contributed by atoms with Crippen molar-refractivity contribution in [1.29, 1.82) is 0 Å². The minimum absolute atomic E-state index is 0.610. The van der Waals surface area contributed by atoms with Gasteiger partial charge in [-0.25, -0.2) is 0 Å². The molecule has 0 aliphatic carbocycles. The summed E-state index contributed by atoms with van der Waals surface area (Å²) < 4.78 is 0. The number of rotatable bonds is 5. The first-order chi connectivity index (χ1) is 8.75. The maximum Gasteiger partial charge on any atom is 0.0595 e. The van der Waals surface area contributed by atoms with Crippen molar-refractivity contribution in [1.82, 2.24) is 0 Å². The molecule has 0 aliphatic rings. The van der Waals surface area contributed by atoms with E-state index in [4.69, 9.17) is 23.2 Å². The summed E-state index contributed by atoms with van der Waals surface area (Å²) in [4.78, 5) is 0. The van der Waals surface area contributed by atoms with Crippen LogP contribution in [0, 0.1) is 6.07 Å². The molecule has 0 unspecified atom stereocenters. The standard InChI is InChI=1S/C15H14Cl2N/c16-14-9-8-12(11-15(14)17)5-4-10-18-13-6-2-1-3-7-13/h2-3,6-9,11,18H,4-5,10H2. The monoisotopic (exact) mass is 278 g/mol. The molecular formula is C15H14Cl2N. The van der Waals surface area contributed by atoms with Crippen LogP contribution in [0.4, 0.5) is 5.69 Å². The minimum atomic E-state index is 0.610. The highest BCUT2D eigenvalue weighted by Gasteiger charge is 1.99. The molecule has 0 heterocycles. The Balaban J connectivity index is 1.77. The molecule has 0 spiro atoms. The summed E-state index contributed by atoms with van der Waals surface area (Å²) in [5.41, 5.74) is 2.34. The van der Waals surface area contributed by atoms with E-state index in [0.29, 0.717) is 10.0 Å². The molecule has 0 aliphatic heterocycles. The second-order valence-corrected chi connectivity index (χ2v) is 4.88. The second-order valence-electron chi connectivity index (χ2n) is 4.07. The van der Waals surface area contributed by atoms with Gasteiger partial charge in [0.1, 0.15) is 0 Å². The molecule has 2 aromatic rings. The largest absolute Gasteiger partial charge is 0.385 e. The maximum absolute atomic E-state index is 5.97. The lowest BCUT2D eigenvalue weighted by Gasteiger charge is -2.06. The predicted molar refractivity (Wildman–Crippen MR) is 78.6 cm³/mol. The summed E-state index contributed by atoms with van der Waals surface area (Å²) in [7, 11) is 0. The van der Waals surface area contributed by atoms with Crippen LogP contribution in [0.5, 0.6) is 0 Å². The summed E-state index contributed by atoms with van der Waals surface area (Å²) in [6.45, 7) is 0.935. The topological polar surface area (TPSA) is 12.0 Å². The van der Waals surface area contributed by atoms with Gasteiger partial charge >= 0.3 is 0 Å². The molecule has 18 heavy (non-hydrogen) atoms. The molecule has 0 atom stereocenters. The van der Waals surface area contributed by atoms with Gasteiger partial charge < -0.3 is 5.32 Å². The van der Waals surface area contributed by atoms with Crippen molar-refractivity contribution in [3.8, 4) is 0 Å². The summed E-state index contributed by atoms with van der Waals surface area (Å²) >= 11 is 11.8. The molecule has 3 heteroatoms. The fraction of sp³-hybridized carbons (Fsp3) is 0.200. The van der Waals surface area contributed by atoms with Crippen LogP contribution in [0.15, 0.2) is 42.5 Å². The fourth-order valence-corrected chi connectivity index (χ4v) is 2.05. The zero-order valence-corrected chi connectivity index (χ0v) is 11.4. The summed E-state index contributed by atoms with van der Waals surface area (Å²) in [5, 5.41) is 4.60. The number of nitrogens with one attached hydrogen (secondary N) is 1. The average Bonchev–Trinajstić information content (AvgIpc) is 2.40. The Morgan fingerprint density at radius 1 is 1.00 bits per heavy atom. The number of benzene rings is 2. The van der Waals surface area contributed by atoms with Crippen molar-refractivity contribution in [2.45, 2.75) is 12.8 Å². The number of anilines is 1. The highest BCUT2D eigenvalue weighted by molar-refractivity contribution is 6.42. The maximum atomic E-state index is 5.97. The molecular weight excluding hydrogens is 265 g/mol. The average molecular weight is 279 g/mol. The quantitative estimate of drug-likeness (QED) is 0.772. The van der Waals surface area contributed by atoms with E-state index >= 15 is 0 Å². The zero-order chi connectivity index (χ0) is 12.8. The summed E-state index contributed by atoms with van der Waals surface area (Å²) in [6.07, 6.45) is 2.04. The molecule has 1 radical (unpaired) electrons. The van der Waals surface area contributed by atoms with E-state index in [9.17, 15) is 0 Å². The smallest absolute Gasteiger partial charge is 0.0595 e. The van der Waals surface area contributed by atoms with E-state index in [1.807, 2.05) is 42.5 Å². The molecule has 0 fully saturated rings. The van der Waals surface area contributed by atoms with E-state index in [1.165, 1.54) is 5.56 Å². The Morgan fingerprint density at radius 2 is 1.78 bits per heavy atom. The van der Waals surface area contributed by atoms with E-state index < -0.39 is 0 Å². The van der Waals surface area contributed by atoms with E-state index in [-0.39, 0.29) is 0 Å². The zero-order valence-electron chi connectivity index (χ0n) is 9.92. The van der Waals surface area contributed by atoms with Crippen molar-refractivity contribution in [2.75, 3.05) is 11.9 Å². The van der Waals surface area contributed by atoms with Crippen molar-refractivity contribution >= 4 is 28.9 Å². The molecule has 2 aromatic carbocycles. The number of halogens is 2. The van der Waals surface area contributed by atoms with Crippen molar-refractivity contribution in [2.24, 2.45) is 0 Å². The van der Waals surface area contributed by atoms with Gasteiger partial charge in [-0.05, 0) is 48.7 Å². The highest BCUT2D eigenvalue weighted by Crippen LogP contribution is 2.23. The van der Waals surface area contributed by atoms with Gasteiger partial charge in [0, 0.05) is 12.2 Å². The van der Waals surface area contributed by atoms with E-state index in [2.05, 4.69) is 11.4 Å². The third kappa shape index (κ3) is 3.94. The first-order valence-corrected chi connectivity index (χ1v) is 6.65. The fourth-order valence-electron chi connectivity index (χ4n) is 1.73. The van der Waals surface area contributed by atoms with Crippen LogP contribution >= 0.6 is 23.2 Å². The van der Waals surface area contributed by atoms with Gasteiger partial charge in [-0.3, -0.25) is 0 Å². The Hall–Kier alpha value is -1.18. The molecule has 1 N–H and O–H groups in total. The molecule has 0 amide bonds. The third-order valence-corrected chi connectivity index (χ3v) is 3.41. The first-order valence-electron chi connectivity index (χ1n) is 5.89. The van der Waals surface area contributed by atoms with Crippen LogP contribution in [0.2, 0.25) is 10.0 Å². The van der Waals surface area contributed by atoms with Crippen LogP contribution in [0.1, 0.15) is 12.0 Å². The van der Waals surface area contributed by atoms with Gasteiger partial charge in [-0.1, -0.05) is 41.4 Å². The van der Waals surface area contributed by atoms with Crippen molar-refractivity contribution < 1.29 is 0 Å². The molecule has 1 nitrogen and oxygen atoms in total. The van der Waals surface area contributed by atoms with Crippen molar-refractivity contribution in [3.05, 3.63) is 64.1 Å². The lowest BCUT2D eigenvalue weighted by molar-refractivity contribution is 0.863. The Morgan fingerprint density at radius 3 is 2.50 bits per heavy atom.